The van der Waals surface area contributed by atoms with Crippen molar-refractivity contribution >= 4 is 15.9 Å². The number of hydrogen-bond acceptors (Lipinski definition) is 1. The molecule has 0 bridgehead atoms. The molecule has 1 unspecified atom stereocenters. The van der Waals surface area contributed by atoms with Crippen LogP contribution in [-0.2, 0) is 12.8 Å². The van der Waals surface area contributed by atoms with Gasteiger partial charge in [0.2, 0.25) is 0 Å². The minimum absolute atomic E-state index is 0.312. The number of aliphatic hydroxyl groups is 1. The highest BCUT2D eigenvalue weighted by Crippen LogP contribution is 2.30. The zero-order chi connectivity index (χ0) is 13.4. The predicted octanol–water partition coefficient (Wildman–Crippen LogP) is 4.16. The highest BCUT2D eigenvalue weighted by molar-refractivity contribution is 9.10. The van der Waals surface area contributed by atoms with Crippen molar-refractivity contribution in [1.29, 1.82) is 0 Å². The first-order chi connectivity index (χ1) is 9.15. The molecule has 0 saturated carbocycles. The van der Waals surface area contributed by atoms with Crippen molar-refractivity contribution in [3.8, 4) is 0 Å². The second-order valence-electron chi connectivity index (χ2n) is 4.95. The first kappa shape index (κ1) is 12.8. The Morgan fingerprint density at radius 2 is 1.84 bits per heavy atom. The number of hydrogen-bond donors (Lipinski definition) is 1. The summed E-state index contributed by atoms with van der Waals surface area (Å²) < 4.78 is 14.6. The largest absolute Gasteiger partial charge is 0.384 e. The SMILES string of the molecule is OC(c1ccc2c(c1)CCC2)c1cc(Br)ccc1F. The Labute approximate surface area is 120 Å². The topological polar surface area (TPSA) is 20.2 Å². The van der Waals surface area contributed by atoms with Gasteiger partial charge in [-0.1, -0.05) is 34.1 Å². The fourth-order valence-corrected chi connectivity index (χ4v) is 3.04. The summed E-state index contributed by atoms with van der Waals surface area (Å²) in [6.45, 7) is 0. The third kappa shape index (κ3) is 2.45. The van der Waals surface area contributed by atoms with E-state index in [1.165, 1.54) is 23.6 Å². The van der Waals surface area contributed by atoms with Gasteiger partial charge in [-0.2, -0.15) is 0 Å². The zero-order valence-corrected chi connectivity index (χ0v) is 12.0. The first-order valence-electron chi connectivity index (χ1n) is 6.40. The standard InChI is InChI=1S/C16H14BrFO/c17-13-6-7-15(18)14(9-13)16(19)12-5-4-10-2-1-3-11(10)8-12/h4-9,16,19H,1-3H2. The molecule has 0 aliphatic heterocycles. The Morgan fingerprint density at radius 1 is 1.05 bits per heavy atom. The van der Waals surface area contributed by atoms with E-state index in [1.807, 2.05) is 12.1 Å². The van der Waals surface area contributed by atoms with Crippen molar-refractivity contribution in [2.45, 2.75) is 25.4 Å². The van der Waals surface area contributed by atoms with Crippen LogP contribution in [0.15, 0.2) is 40.9 Å². The predicted molar refractivity (Wildman–Crippen MR) is 76.6 cm³/mol. The van der Waals surface area contributed by atoms with Gasteiger partial charge >= 0.3 is 0 Å². The van der Waals surface area contributed by atoms with E-state index in [9.17, 15) is 9.50 Å². The summed E-state index contributed by atoms with van der Waals surface area (Å²) in [6.07, 6.45) is 2.41. The first-order valence-corrected chi connectivity index (χ1v) is 7.19. The van der Waals surface area contributed by atoms with Crippen LogP contribution in [-0.4, -0.2) is 5.11 Å². The highest BCUT2D eigenvalue weighted by Gasteiger charge is 2.18. The summed E-state index contributed by atoms with van der Waals surface area (Å²) in [5, 5.41) is 10.4. The summed E-state index contributed by atoms with van der Waals surface area (Å²) in [7, 11) is 0. The van der Waals surface area contributed by atoms with Crippen molar-refractivity contribution in [3.05, 3.63) is 68.9 Å². The molecule has 0 radical (unpaired) electrons. The molecule has 0 spiro atoms. The molecule has 0 heterocycles. The molecule has 1 atom stereocenters. The lowest BCUT2D eigenvalue weighted by molar-refractivity contribution is 0.215. The third-order valence-electron chi connectivity index (χ3n) is 3.69. The minimum Gasteiger partial charge on any atom is -0.384 e. The minimum atomic E-state index is -0.914. The molecule has 0 fully saturated rings. The Hall–Kier alpha value is -1.19. The number of rotatable bonds is 2. The van der Waals surface area contributed by atoms with Gasteiger partial charge < -0.3 is 5.11 Å². The maximum Gasteiger partial charge on any atom is 0.129 e. The van der Waals surface area contributed by atoms with E-state index in [4.69, 9.17) is 0 Å². The van der Waals surface area contributed by atoms with Crippen LogP contribution in [0.1, 0.15) is 34.8 Å². The van der Waals surface area contributed by atoms with E-state index in [-0.39, 0.29) is 5.82 Å². The van der Waals surface area contributed by atoms with Crippen molar-refractivity contribution < 1.29 is 9.50 Å². The molecule has 0 amide bonds. The van der Waals surface area contributed by atoms with Gasteiger partial charge in [0.1, 0.15) is 11.9 Å². The van der Waals surface area contributed by atoms with E-state index < -0.39 is 6.10 Å². The average molecular weight is 321 g/mol. The molecule has 1 nitrogen and oxygen atoms in total. The van der Waals surface area contributed by atoms with Gasteiger partial charge in [0, 0.05) is 10.0 Å². The van der Waals surface area contributed by atoms with E-state index in [0.29, 0.717) is 5.56 Å². The van der Waals surface area contributed by atoms with Crippen molar-refractivity contribution in [3.63, 3.8) is 0 Å². The average Bonchev–Trinajstić information content (AvgIpc) is 2.88. The second-order valence-corrected chi connectivity index (χ2v) is 5.87. The Morgan fingerprint density at radius 3 is 2.68 bits per heavy atom. The Balaban J connectivity index is 1.99. The third-order valence-corrected chi connectivity index (χ3v) is 4.18. The van der Waals surface area contributed by atoms with Crippen molar-refractivity contribution in [2.24, 2.45) is 0 Å². The van der Waals surface area contributed by atoms with Gasteiger partial charge in [-0.3, -0.25) is 0 Å². The number of halogens is 2. The number of aliphatic hydroxyl groups excluding tert-OH is 1. The normalized spacial score (nSPS) is 15.3. The zero-order valence-electron chi connectivity index (χ0n) is 10.4. The van der Waals surface area contributed by atoms with E-state index in [1.54, 1.807) is 12.1 Å². The summed E-state index contributed by atoms with van der Waals surface area (Å²) in [5.74, 6) is -0.379. The summed E-state index contributed by atoms with van der Waals surface area (Å²) in [4.78, 5) is 0. The number of benzene rings is 2. The lowest BCUT2D eigenvalue weighted by Crippen LogP contribution is -2.03. The highest BCUT2D eigenvalue weighted by atomic mass is 79.9. The van der Waals surface area contributed by atoms with Crippen LogP contribution >= 0.6 is 15.9 Å². The quantitative estimate of drug-likeness (QED) is 0.881. The molecule has 1 aliphatic rings. The van der Waals surface area contributed by atoms with Crippen molar-refractivity contribution in [1.82, 2.24) is 0 Å². The molecule has 1 aliphatic carbocycles. The van der Waals surface area contributed by atoms with Crippen LogP contribution in [0.25, 0.3) is 0 Å². The van der Waals surface area contributed by atoms with Gasteiger partial charge in [0.05, 0.1) is 0 Å². The molecule has 98 valence electrons. The lowest BCUT2D eigenvalue weighted by atomic mass is 9.97. The molecule has 3 heteroatoms. The van der Waals surface area contributed by atoms with Gasteiger partial charge in [0.25, 0.3) is 0 Å². The molecule has 19 heavy (non-hydrogen) atoms. The maximum atomic E-state index is 13.8. The summed E-state index contributed by atoms with van der Waals surface area (Å²) >= 11 is 3.31. The molecule has 2 aromatic carbocycles. The van der Waals surface area contributed by atoms with Gasteiger partial charge in [0.15, 0.2) is 0 Å². The van der Waals surface area contributed by atoms with Crippen LogP contribution in [0.3, 0.4) is 0 Å². The van der Waals surface area contributed by atoms with Gasteiger partial charge in [-0.25, -0.2) is 4.39 Å². The maximum absolute atomic E-state index is 13.8. The molecular formula is C16H14BrFO. The van der Waals surface area contributed by atoms with Gasteiger partial charge in [-0.05, 0) is 54.2 Å². The summed E-state index contributed by atoms with van der Waals surface area (Å²) in [5.41, 5.74) is 3.71. The number of fused-ring (bicyclic) bond motifs is 1. The van der Waals surface area contributed by atoms with Crippen molar-refractivity contribution in [2.75, 3.05) is 0 Å². The van der Waals surface area contributed by atoms with Crippen LogP contribution in [0.2, 0.25) is 0 Å². The lowest BCUT2D eigenvalue weighted by Gasteiger charge is -2.14. The fourth-order valence-electron chi connectivity index (χ4n) is 2.67. The monoisotopic (exact) mass is 320 g/mol. The smallest absolute Gasteiger partial charge is 0.129 e. The molecule has 0 aromatic heterocycles. The molecule has 1 N–H and O–H groups in total. The van der Waals surface area contributed by atoms with Crippen LogP contribution < -0.4 is 0 Å². The number of aryl methyl sites for hydroxylation is 2. The van der Waals surface area contributed by atoms with E-state index >= 15 is 0 Å². The fraction of sp³-hybridized carbons (Fsp3) is 0.250. The summed E-state index contributed by atoms with van der Waals surface area (Å²) in [6, 6.07) is 10.6. The van der Waals surface area contributed by atoms with Crippen LogP contribution in [0.4, 0.5) is 4.39 Å². The molecule has 0 saturated heterocycles. The molecule has 2 aromatic rings. The van der Waals surface area contributed by atoms with Crippen LogP contribution in [0, 0.1) is 5.82 Å². The van der Waals surface area contributed by atoms with Crippen LogP contribution in [0.5, 0.6) is 0 Å². The Kier molecular flexibility index (Phi) is 3.42. The van der Waals surface area contributed by atoms with E-state index in [0.717, 1.165) is 22.9 Å². The van der Waals surface area contributed by atoms with Gasteiger partial charge in [-0.15, -0.1) is 0 Å². The molecular weight excluding hydrogens is 307 g/mol. The van der Waals surface area contributed by atoms with E-state index in [2.05, 4.69) is 22.0 Å². The molecule has 3 rings (SSSR count). The Bertz CT molecular complexity index is 624. The second kappa shape index (κ2) is 5.06.